The van der Waals surface area contributed by atoms with Crippen LogP contribution in [0.5, 0.6) is 0 Å². The molecule has 6 heterocycles. The molecule has 1 aliphatic carbocycles. The van der Waals surface area contributed by atoms with Crippen LogP contribution >= 0.6 is 11.3 Å². The molecular formula is C62H53N5S. The van der Waals surface area contributed by atoms with E-state index in [4.69, 9.17) is 9.97 Å². The van der Waals surface area contributed by atoms with E-state index in [9.17, 15) is 0 Å². The number of aryl methyl sites for hydroxylation is 1. The molecule has 0 amide bonds. The molecule has 0 saturated heterocycles. The Morgan fingerprint density at radius 3 is 1.85 bits per heavy atom. The summed E-state index contributed by atoms with van der Waals surface area (Å²) in [7, 11) is 0. The van der Waals surface area contributed by atoms with E-state index in [1.54, 1.807) is 0 Å². The lowest BCUT2D eigenvalue weighted by Crippen LogP contribution is -2.02. The van der Waals surface area contributed by atoms with Crippen LogP contribution < -0.4 is 0 Å². The molecule has 0 radical (unpaired) electrons. The van der Waals surface area contributed by atoms with E-state index in [0.29, 0.717) is 5.92 Å². The molecule has 1 unspecified atom stereocenters. The van der Waals surface area contributed by atoms with Gasteiger partial charge in [0, 0.05) is 90.0 Å². The topological polar surface area (TPSA) is 56.5 Å². The first-order valence-corrected chi connectivity index (χ1v) is 24.6. The maximum Gasteiger partial charge on any atom is 0.0708 e. The molecule has 68 heavy (non-hydrogen) atoms. The van der Waals surface area contributed by atoms with Crippen molar-refractivity contribution < 1.29 is 0 Å². The summed E-state index contributed by atoms with van der Waals surface area (Å²) in [5.41, 5.74) is 16.0. The van der Waals surface area contributed by atoms with Gasteiger partial charge in [-0.25, -0.2) is 0 Å². The molecule has 11 aromatic rings. The molecule has 1 aliphatic rings. The van der Waals surface area contributed by atoms with Crippen molar-refractivity contribution in [1.29, 1.82) is 0 Å². The molecule has 5 nitrogen and oxygen atoms in total. The fourth-order valence-electron chi connectivity index (χ4n) is 9.41. The lowest BCUT2D eigenvalue weighted by Gasteiger charge is -2.20. The summed E-state index contributed by atoms with van der Waals surface area (Å²) in [4.78, 5) is 18.1. The highest BCUT2D eigenvalue weighted by molar-refractivity contribution is 7.25. The number of pyridine rings is 4. The van der Waals surface area contributed by atoms with Crippen LogP contribution in [0.15, 0.2) is 207 Å². The van der Waals surface area contributed by atoms with Crippen molar-refractivity contribution >= 4 is 64.5 Å². The molecule has 6 heteroatoms. The van der Waals surface area contributed by atoms with Gasteiger partial charge in [0.25, 0.3) is 0 Å². The molecule has 1 atom stereocenters. The minimum absolute atomic E-state index is 0.435. The summed E-state index contributed by atoms with van der Waals surface area (Å²) < 4.78 is 5.01. The highest BCUT2D eigenvalue weighted by atomic mass is 32.1. The van der Waals surface area contributed by atoms with Crippen molar-refractivity contribution in [3.63, 3.8) is 0 Å². The summed E-state index contributed by atoms with van der Waals surface area (Å²) >= 11 is 1.85. The van der Waals surface area contributed by atoms with Crippen molar-refractivity contribution in [2.75, 3.05) is 0 Å². The summed E-state index contributed by atoms with van der Waals surface area (Å²) in [6.45, 7) is 8.46. The van der Waals surface area contributed by atoms with Crippen LogP contribution in [0.1, 0.15) is 57.5 Å². The Balaban J connectivity index is 0.000000438. The van der Waals surface area contributed by atoms with Gasteiger partial charge >= 0.3 is 0 Å². The van der Waals surface area contributed by atoms with Gasteiger partial charge in [0.15, 0.2) is 0 Å². The Morgan fingerprint density at radius 2 is 1.16 bits per heavy atom. The molecular weight excluding hydrogens is 847 g/mol. The van der Waals surface area contributed by atoms with Gasteiger partial charge in [0.2, 0.25) is 0 Å². The quantitative estimate of drug-likeness (QED) is 0.152. The molecule has 0 bridgehead atoms. The number of aromatic nitrogens is 5. The zero-order valence-electron chi connectivity index (χ0n) is 39.0. The first kappa shape index (κ1) is 44.1. The molecule has 6 aromatic heterocycles. The predicted molar refractivity (Wildman–Crippen MR) is 289 cm³/mol. The molecule has 0 saturated carbocycles. The normalized spacial score (nSPS) is 13.4. The number of allylic oxidation sites excluding steroid dienone is 4. The number of hydrogen-bond acceptors (Lipinski definition) is 5. The summed E-state index contributed by atoms with van der Waals surface area (Å²) in [6.07, 6.45) is 17.4. The van der Waals surface area contributed by atoms with Crippen molar-refractivity contribution in [2.45, 2.75) is 47.0 Å². The lowest BCUT2D eigenvalue weighted by atomic mass is 9.85. The zero-order chi connectivity index (χ0) is 46.4. The largest absolute Gasteiger partial charge is 0.309 e. The minimum Gasteiger partial charge on any atom is -0.309 e. The molecule has 5 aromatic carbocycles. The summed E-state index contributed by atoms with van der Waals surface area (Å²) in [5.74, 6) is 0.435. The highest BCUT2D eigenvalue weighted by Crippen LogP contribution is 2.43. The van der Waals surface area contributed by atoms with Crippen molar-refractivity contribution in [3.8, 4) is 39.2 Å². The smallest absolute Gasteiger partial charge is 0.0708 e. The highest BCUT2D eigenvalue weighted by Gasteiger charge is 2.21. The monoisotopic (exact) mass is 899 g/mol. The second kappa shape index (κ2) is 20.0. The Hall–Kier alpha value is -7.80. The number of benzene rings is 5. The van der Waals surface area contributed by atoms with E-state index in [1.807, 2.05) is 86.5 Å². The Kier molecular flexibility index (Phi) is 12.9. The molecule has 0 fully saturated rings. The van der Waals surface area contributed by atoms with Gasteiger partial charge in [0.1, 0.15) is 0 Å². The second-order valence-electron chi connectivity index (χ2n) is 17.0. The van der Waals surface area contributed by atoms with E-state index in [1.165, 1.54) is 76.4 Å². The fourth-order valence-corrected chi connectivity index (χ4v) is 10.5. The van der Waals surface area contributed by atoms with Gasteiger partial charge in [-0.1, -0.05) is 113 Å². The first-order chi connectivity index (χ1) is 33.6. The number of rotatable bonds is 8. The Morgan fingerprint density at radius 1 is 0.529 bits per heavy atom. The molecule has 0 aliphatic heterocycles. The second-order valence-corrected chi connectivity index (χ2v) is 18.1. The first-order valence-electron chi connectivity index (χ1n) is 23.8. The van der Waals surface area contributed by atoms with E-state index in [2.05, 4.69) is 174 Å². The average Bonchev–Trinajstić information content (AvgIpc) is 3.94. The standard InChI is InChI=1S/C52H36N4S.C8H11N.C2H6/c1-33-14-19-41(48-13-5-7-26-55-48)42(27-33)36-16-21-50-44(30-36)43-29-35(39-10-2-3-11-40(39)47-12-4-6-25-54-47)15-20-49(43)56(50)38-18-23-52-46(31-38)45-28-34(17-22-51(45)57-52)37-9-8-24-53-32-37;1-2-5-8-6-3-4-7-9-8;1-2/h2-13,15-33H,14H2,1H3;3-4,6-7H,2,5H2,1H3;1-2H3. The molecule has 12 rings (SSSR count). The van der Waals surface area contributed by atoms with Gasteiger partial charge in [-0.05, 0) is 144 Å². The number of fused-ring (bicyclic) bond motifs is 6. The van der Waals surface area contributed by atoms with Crippen molar-refractivity contribution in [2.24, 2.45) is 5.92 Å². The van der Waals surface area contributed by atoms with Crippen LogP contribution in [0.25, 0.3) is 92.3 Å². The number of nitrogens with zero attached hydrogens (tertiary/aromatic N) is 5. The van der Waals surface area contributed by atoms with Crippen LogP contribution in [0.4, 0.5) is 0 Å². The van der Waals surface area contributed by atoms with Crippen molar-refractivity contribution in [3.05, 3.63) is 224 Å². The zero-order valence-corrected chi connectivity index (χ0v) is 39.8. The van der Waals surface area contributed by atoms with Crippen LogP contribution in [0.3, 0.4) is 0 Å². The van der Waals surface area contributed by atoms with E-state index < -0.39 is 0 Å². The Bertz CT molecular complexity index is 3570. The van der Waals surface area contributed by atoms with Gasteiger partial charge in [0.05, 0.1) is 22.4 Å². The number of thiophene rings is 1. The summed E-state index contributed by atoms with van der Waals surface area (Å²) in [6, 6.07) is 58.8. The van der Waals surface area contributed by atoms with Crippen LogP contribution in [-0.2, 0) is 6.42 Å². The SMILES string of the molecule is CC.CC1C=C(c2ccc3c(c2)c2cc(-c4ccccc4-c4ccccn4)ccc2n3-c2ccc3sc4ccc(-c5cccnc5)cc4c3c2)C(c2ccccn2)=CC1.CCCc1ccccn1. The minimum atomic E-state index is 0.435. The van der Waals surface area contributed by atoms with Crippen LogP contribution in [0.2, 0.25) is 0 Å². The van der Waals surface area contributed by atoms with Gasteiger partial charge < -0.3 is 4.57 Å². The van der Waals surface area contributed by atoms with E-state index in [0.717, 1.165) is 52.2 Å². The third-order valence-electron chi connectivity index (χ3n) is 12.6. The summed E-state index contributed by atoms with van der Waals surface area (Å²) in [5, 5.41) is 4.95. The maximum absolute atomic E-state index is 4.78. The van der Waals surface area contributed by atoms with Gasteiger partial charge in [-0.15, -0.1) is 11.3 Å². The average molecular weight is 900 g/mol. The van der Waals surface area contributed by atoms with E-state index >= 15 is 0 Å². The third kappa shape index (κ3) is 8.79. The molecule has 0 spiro atoms. The maximum atomic E-state index is 4.78. The third-order valence-corrected chi connectivity index (χ3v) is 13.7. The fraction of sp³-hybridized carbons (Fsp3) is 0.129. The number of hydrogen-bond donors (Lipinski definition) is 0. The van der Waals surface area contributed by atoms with Gasteiger partial charge in [-0.2, -0.15) is 0 Å². The Labute approximate surface area is 402 Å². The van der Waals surface area contributed by atoms with Crippen LogP contribution in [-0.4, -0.2) is 24.5 Å². The molecule has 0 N–H and O–H groups in total. The predicted octanol–water partition coefficient (Wildman–Crippen LogP) is 16.9. The van der Waals surface area contributed by atoms with Crippen molar-refractivity contribution in [1.82, 2.24) is 24.5 Å². The molecule has 332 valence electrons. The van der Waals surface area contributed by atoms with E-state index in [-0.39, 0.29) is 0 Å². The lowest BCUT2D eigenvalue weighted by molar-refractivity contribution is 0.741. The van der Waals surface area contributed by atoms with Gasteiger partial charge in [-0.3, -0.25) is 19.9 Å². The van der Waals surface area contributed by atoms with Crippen LogP contribution in [0, 0.1) is 5.92 Å².